The van der Waals surface area contributed by atoms with Crippen LogP contribution < -0.4 is 4.74 Å². The average Bonchev–Trinajstić information content (AvgIpc) is 3.58. The Balaban J connectivity index is 1.37. The van der Waals surface area contributed by atoms with E-state index < -0.39 is 0 Å². The number of carbonyl (C=O) groups is 1. The van der Waals surface area contributed by atoms with Gasteiger partial charge < -0.3 is 9.64 Å². The van der Waals surface area contributed by atoms with Crippen molar-refractivity contribution in [2.24, 2.45) is 11.8 Å². The van der Waals surface area contributed by atoms with Crippen LogP contribution in [-0.2, 0) is 0 Å². The first-order valence-electron chi connectivity index (χ1n) is 10.8. The van der Waals surface area contributed by atoms with Gasteiger partial charge in [-0.05, 0) is 61.9 Å². The van der Waals surface area contributed by atoms with Crippen molar-refractivity contribution in [3.8, 4) is 17.1 Å². The van der Waals surface area contributed by atoms with Crippen molar-refractivity contribution in [3.63, 3.8) is 0 Å². The van der Waals surface area contributed by atoms with Gasteiger partial charge in [0.15, 0.2) is 5.82 Å². The number of nitrogens with zero attached hydrogens (tertiary/aromatic N) is 5. The van der Waals surface area contributed by atoms with E-state index in [1.165, 1.54) is 6.42 Å². The third-order valence-electron chi connectivity index (χ3n) is 6.17. The van der Waals surface area contributed by atoms with Gasteiger partial charge in [0.25, 0.3) is 5.91 Å². The molecule has 5 rings (SSSR count). The normalized spacial score (nSPS) is 22.0. The van der Waals surface area contributed by atoms with Crippen LogP contribution in [0.15, 0.2) is 55.1 Å². The average molecular weight is 415 g/mol. The van der Waals surface area contributed by atoms with E-state index in [0.717, 1.165) is 36.7 Å². The number of fused-ring (bicyclic) bond motifs is 1. The molecule has 4 heterocycles. The van der Waals surface area contributed by atoms with Crippen molar-refractivity contribution < 1.29 is 9.53 Å². The Morgan fingerprint density at radius 3 is 2.77 bits per heavy atom. The molecule has 3 aromatic rings. The van der Waals surface area contributed by atoms with Gasteiger partial charge in [-0.25, -0.2) is 15.0 Å². The Bertz CT molecular complexity index is 1060. The first-order valence-corrected chi connectivity index (χ1v) is 10.8. The molecule has 3 aromatic heterocycles. The summed E-state index contributed by atoms with van der Waals surface area (Å²) in [6.45, 7) is 3.23. The summed E-state index contributed by atoms with van der Waals surface area (Å²) in [6.07, 6.45) is 9.83. The van der Waals surface area contributed by atoms with Gasteiger partial charge in [-0.2, -0.15) is 0 Å². The molecule has 158 valence electrons. The second kappa shape index (κ2) is 8.41. The number of likely N-dealkylation sites (tertiary alicyclic amines) is 1. The van der Waals surface area contributed by atoms with Gasteiger partial charge in [0.2, 0.25) is 0 Å². The van der Waals surface area contributed by atoms with E-state index in [-0.39, 0.29) is 11.9 Å². The maximum atomic E-state index is 13.7. The molecule has 7 nitrogen and oxygen atoms in total. The zero-order valence-electron chi connectivity index (χ0n) is 17.5. The number of hydrogen-bond acceptors (Lipinski definition) is 6. The van der Waals surface area contributed by atoms with Gasteiger partial charge in [0.05, 0.1) is 18.4 Å². The second-order valence-corrected chi connectivity index (χ2v) is 8.35. The number of aryl methyl sites for hydroxylation is 1. The molecule has 0 unspecified atom stereocenters. The van der Waals surface area contributed by atoms with Gasteiger partial charge in [-0.15, -0.1) is 0 Å². The first kappa shape index (κ1) is 19.6. The van der Waals surface area contributed by atoms with Crippen LogP contribution in [0.25, 0.3) is 11.4 Å². The van der Waals surface area contributed by atoms with Crippen LogP contribution in [-0.4, -0.2) is 49.9 Å². The summed E-state index contributed by atoms with van der Waals surface area (Å²) in [6, 6.07) is 9.46. The molecule has 1 amide bonds. The summed E-state index contributed by atoms with van der Waals surface area (Å²) in [7, 11) is 0. The van der Waals surface area contributed by atoms with E-state index >= 15 is 0 Å². The molecule has 1 saturated carbocycles. The fraction of sp³-hybridized carbons (Fsp3) is 0.375. The highest BCUT2D eigenvalue weighted by Gasteiger charge is 2.47. The fourth-order valence-corrected chi connectivity index (χ4v) is 4.44. The van der Waals surface area contributed by atoms with Crippen molar-refractivity contribution in [3.05, 3.63) is 66.5 Å². The predicted octanol–water partition coefficient (Wildman–Crippen LogP) is 3.56. The molecule has 0 spiro atoms. The smallest absolute Gasteiger partial charge is 0.273 e. The highest BCUT2D eigenvalue weighted by Crippen LogP contribution is 2.48. The zero-order valence-corrected chi connectivity index (χ0v) is 17.5. The molecule has 0 radical (unpaired) electrons. The highest BCUT2D eigenvalue weighted by atomic mass is 16.5. The van der Waals surface area contributed by atoms with Crippen LogP contribution in [0.1, 0.15) is 35.4 Å². The topological polar surface area (TPSA) is 81.1 Å². The van der Waals surface area contributed by atoms with E-state index in [1.54, 1.807) is 30.9 Å². The predicted molar refractivity (Wildman–Crippen MR) is 115 cm³/mol. The lowest BCUT2D eigenvalue weighted by molar-refractivity contribution is 0.0561. The molecule has 1 saturated heterocycles. The Morgan fingerprint density at radius 2 is 1.97 bits per heavy atom. The minimum Gasteiger partial charge on any atom is -0.492 e. The highest BCUT2D eigenvalue weighted by molar-refractivity contribution is 5.98. The van der Waals surface area contributed by atoms with Gasteiger partial charge in [-0.3, -0.25) is 9.78 Å². The fourth-order valence-electron chi connectivity index (χ4n) is 4.44. The summed E-state index contributed by atoms with van der Waals surface area (Å²) in [4.78, 5) is 33.1. The Kier molecular flexibility index (Phi) is 5.32. The maximum Gasteiger partial charge on any atom is 0.273 e. The molecule has 7 heteroatoms. The molecule has 31 heavy (non-hydrogen) atoms. The van der Waals surface area contributed by atoms with Crippen LogP contribution in [0.3, 0.4) is 0 Å². The Hall–Kier alpha value is -3.35. The zero-order chi connectivity index (χ0) is 21.2. The maximum absolute atomic E-state index is 13.7. The van der Waals surface area contributed by atoms with Crippen molar-refractivity contribution in [1.29, 1.82) is 0 Å². The lowest BCUT2D eigenvalue weighted by Gasteiger charge is -2.35. The van der Waals surface area contributed by atoms with Crippen LogP contribution in [0.2, 0.25) is 0 Å². The number of piperidine rings is 1. The van der Waals surface area contributed by atoms with E-state index in [0.29, 0.717) is 29.6 Å². The van der Waals surface area contributed by atoms with Crippen molar-refractivity contribution in [2.75, 3.05) is 13.2 Å². The molecule has 0 N–H and O–H groups in total. The molecular formula is C24H25N5O2. The monoisotopic (exact) mass is 415 g/mol. The SMILES string of the molecule is Cc1ccc(-c2ncccn2)c(C(=O)N2C[C@@H]3C[C@@H]3C[C@H]2CCOc2cccnc2)n1. The largest absolute Gasteiger partial charge is 0.492 e. The number of ether oxygens (including phenoxy) is 1. The molecule has 2 fully saturated rings. The third-order valence-corrected chi connectivity index (χ3v) is 6.17. The molecule has 1 aliphatic carbocycles. The molecular weight excluding hydrogens is 390 g/mol. The Labute approximate surface area is 181 Å². The van der Waals surface area contributed by atoms with E-state index in [9.17, 15) is 4.79 Å². The summed E-state index contributed by atoms with van der Waals surface area (Å²) in [5.74, 6) is 2.58. The van der Waals surface area contributed by atoms with Gasteiger partial charge in [0.1, 0.15) is 11.4 Å². The lowest BCUT2D eigenvalue weighted by Crippen LogP contribution is -2.46. The summed E-state index contributed by atoms with van der Waals surface area (Å²) < 4.78 is 5.87. The quantitative estimate of drug-likeness (QED) is 0.612. The number of amides is 1. The molecule has 0 aromatic carbocycles. The van der Waals surface area contributed by atoms with Crippen LogP contribution >= 0.6 is 0 Å². The van der Waals surface area contributed by atoms with E-state index in [2.05, 4.69) is 19.9 Å². The minimum absolute atomic E-state index is 0.0390. The van der Waals surface area contributed by atoms with Crippen LogP contribution in [0.5, 0.6) is 5.75 Å². The number of pyridine rings is 2. The van der Waals surface area contributed by atoms with Gasteiger partial charge >= 0.3 is 0 Å². The first-order chi connectivity index (χ1) is 15.2. The molecule has 0 bridgehead atoms. The van der Waals surface area contributed by atoms with Gasteiger partial charge in [-0.1, -0.05) is 0 Å². The van der Waals surface area contributed by atoms with E-state index in [4.69, 9.17) is 4.74 Å². The number of aromatic nitrogens is 4. The molecule has 2 aliphatic rings. The summed E-state index contributed by atoms with van der Waals surface area (Å²) in [5.41, 5.74) is 1.92. The molecule has 1 aliphatic heterocycles. The van der Waals surface area contributed by atoms with Crippen LogP contribution in [0.4, 0.5) is 0 Å². The molecule has 3 atom stereocenters. The number of rotatable bonds is 6. The lowest BCUT2D eigenvalue weighted by atomic mass is 9.98. The third kappa shape index (κ3) is 4.26. The summed E-state index contributed by atoms with van der Waals surface area (Å²) in [5, 5.41) is 0. The Morgan fingerprint density at radius 1 is 1.10 bits per heavy atom. The second-order valence-electron chi connectivity index (χ2n) is 8.35. The van der Waals surface area contributed by atoms with Crippen molar-refractivity contribution in [1.82, 2.24) is 24.8 Å². The van der Waals surface area contributed by atoms with E-state index in [1.807, 2.05) is 36.1 Å². The van der Waals surface area contributed by atoms with Crippen molar-refractivity contribution in [2.45, 2.75) is 32.2 Å². The van der Waals surface area contributed by atoms with Gasteiger partial charge in [0, 0.05) is 43.3 Å². The number of carbonyl (C=O) groups excluding carboxylic acids is 1. The summed E-state index contributed by atoms with van der Waals surface area (Å²) >= 11 is 0. The standard InChI is InChI=1S/C24H25N5O2/c1-16-5-6-21(23-26-9-3-10-27-23)22(28-16)24(30)29-15-18-12-17(18)13-19(29)7-11-31-20-4-2-8-25-14-20/h2-6,8-10,14,17-19H,7,11-13,15H2,1H3/t17-,18+,19-/m1/s1. The number of hydrogen-bond donors (Lipinski definition) is 0. The van der Waals surface area contributed by atoms with Crippen molar-refractivity contribution >= 4 is 5.91 Å². The van der Waals surface area contributed by atoms with Crippen LogP contribution in [0, 0.1) is 18.8 Å². The minimum atomic E-state index is -0.0390.